The number of carbonyl (C=O) groups excluding carboxylic acids is 2. The predicted molar refractivity (Wildman–Crippen MR) is 91.4 cm³/mol. The van der Waals surface area contributed by atoms with Crippen LogP contribution < -0.4 is 0 Å². The fourth-order valence-electron chi connectivity index (χ4n) is 3.50. The summed E-state index contributed by atoms with van der Waals surface area (Å²) in [4.78, 5) is 28.8. The molecule has 0 N–H and O–H groups in total. The molecular formula is C19H23N3O3. The minimum atomic E-state index is -0.517. The molecule has 6 nitrogen and oxygen atoms in total. The highest BCUT2D eigenvalue weighted by atomic mass is 16.5. The fourth-order valence-corrected chi connectivity index (χ4v) is 3.50. The van der Waals surface area contributed by atoms with Gasteiger partial charge in [0.1, 0.15) is 6.04 Å². The Hall–Kier alpha value is -2.39. The molecular weight excluding hydrogens is 318 g/mol. The van der Waals surface area contributed by atoms with Gasteiger partial charge in [-0.15, -0.1) is 0 Å². The molecule has 1 aromatic carbocycles. The molecule has 2 heterocycles. The molecule has 0 radical (unpaired) electrons. The number of ether oxygens (including phenoxy) is 1. The van der Waals surface area contributed by atoms with Crippen molar-refractivity contribution in [3.8, 4) is 6.07 Å². The Morgan fingerprint density at radius 1 is 1.24 bits per heavy atom. The van der Waals surface area contributed by atoms with Crippen LogP contribution >= 0.6 is 0 Å². The van der Waals surface area contributed by atoms with E-state index in [2.05, 4.69) is 6.07 Å². The van der Waals surface area contributed by atoms with Crippen molar-refractivity contribution < 1.29 is 14.3 Å². The minimum Gasteiger partial charge on any atom is -0.376 e. The van der Waals surface area contributed by atoms with Crippen molar-refractivity contribution in [2.24, 2.45) is 5.92 Å². The monoisotopic (exact) mass is 341 g/mol. The third kappa shape index (κ3) is 4.18. The lowest BCUT2D eigenvalue weighted by Crippen LogP contribution is -2.53. The van der Waals surface area contributed by atoms with Gasteiger partial charge in [0.05, 0.1) is 31.6 Å². The molecule has 6 heteroatoms. The maximum absolute atomic E-state index is 12.8. The second kappa shape index (κ2) is 8.13. The number of likely N-dealkylation sites (tertiary alicyclic amines) is 1. The van der Waals surface area contributed by atoms with E-state index in [0.29, 0.717) is 32.7 Å². The van der Waals surface area contributed by atoms with Crippen molar-refractivity contribution in [2.75, 3.05) is 32.8 Å². The molecule has 0 unspecified atom stereocenters. The molecule has 132 valence electrons. The number of nitriles is 1. The van der Waals surface area contributed by atoms with Gasteiger partial charge in [0.25, 0.3) is 0 Å². The molecule has 2 atom stereocenters. The number of nitrogens with zero attached hydrogens (tertiary/aromatic N) is 3. The third-order valence-corrected chi connectivity index (χ3v) is 4.88. The molecule has 0 spiro atoms. The Morgan fingerprint density at radius 3 is 2.80 bits per heavy atom. The molecule has 3 rings (SSSR count). The van der Waals surface area contributed by atoms with E-state index in [0.717, 1.165) is 18.4 Å². The molecule has 2 aliphatic rings. The van der Waals surface area contributed by atoms with Gasteiger partial charge >= 0.3 is 0 Å². The summed E-state index contributed by atoms with van der Waals surface area (Å²) in [6.45, 7) is 2.32. The van der Waals surface area contributed by atoms with E-state index in [1.807, 2.05) is 30.3 Å². The summed E-state index contributed by atoms with van der Waals surface area (Å²) < 4.78 is 5.29. The highest BCUT2D eigenvalue weighted by Crippen LogP contribution is 2.22. The second-order valence-electron chi connectivity index (χ2n) is 6.59. The molecule has 0 aromatic heterocycles. The van der Waals surface area contributed by atoms with Gasteiger partial charge in [0.15, 0.2) is 0 Å². The average Bonchev–Trinajstić information content (AvgIpc) is 2.68. The van der Waals surface area contributed by atoms with E-state index in [4.69, 9.17) is 4.74 Å². The Balaban J connectivity index is 1.61. The Labute approximate surface area is 148 Å². The number of carbonyl (C=O) groups is 2. The molecule has 0 bridgehead atoms. The first-order valence-electron chi connectivity index (χ1n) is 8.78. The highest BCUT2D eigenvalue weighted by Gasteiger charge is 2.35. The van der Waals surface area contributed by atoms with Gasteiger partial charge < -0.3 is 14.5 Å². The van der Waals surface area contributed by atoms with E-state index in [-0.39, 0.29) is 24.3 Å². The van der Waals surface area contributed by atoms with Crippen molar-refractivity contribution in [2.45, 2.75) is 25.3 Å². The molecule has 2 aliphatic heterocycles. The molecule has 0 aliphatic carbocycles. The normalized spacial score (nSPS) is 23.8. The van der Waals surface area contributed by atoms with Crippen molar-refractivity contribution in [3.63, 3.8) is 0 Å². The number of benzene rings is 1. The van der Waals surface area contributed by atoms with Crippen LogP contribution in [0.1, 0.15) is 18.4 Å². The van der Waals surface area contributed by atoms with Gasteiger partial charge in [-0.05, 0) is 18.4 Å². The van der Waals surface area contributed by atoms with Gasteiger partial charge in [-0.1, -0.05) is 30.3 Å². The summed E-state index contributed by atoms with van der Waals surface area (Å²) in [6.07, 6.45) is 1.95. The van der Waals surface area contributed by atoms with Crippen LogP contribution in [0.15, 0.2) is 30.3 Å². The largest absolute Gasteiger partial charge is 0.376 e. The fraction of sp³-hybridized carbons (Fsp3) is 0.526. The first kappa shape index (κ1) is 17.4. The predicted octanol–water partition coefficient (Wildman–Crippen LogP) is 1.22. The summed E-state index contributed by atoms with van der Waals surface area (Å²) in [7, 11) is 0. The average molecular weight is 341 g/mol. The van der Waals surface area contributed by atoms with E-state index in [1.54, 1.807) is 9.80 Å². The lowest BCUT2D eigenvalue weighted by Gasteiger charge is -2.38. The Bertz CT molecular complexity index is 656. The van der Waals surface area contributed by atoms with Gasteiger partial charge in [-0.2, -0.15) is 5.26 Å². The van der Waals surface area contributed by atoms with Crippen LogP contribution in [-0.4, -0.2) is 60.5 Å². The number of amides is 2. The van der Waals surface area contributed by atoms with Crippen molar-refractivity contribution >= 4 is 11.8 Å². The smallest absolute Gasteiger partial charge is 0.228 e. The maximum Gasteiger partial charge on any atom is 0.228 e. The van der Waals surface area contributed by atoms with E-state index < -0.39 is 6.04 Å². The van der Waals surface area contributed by atoms with Crippen LogP contribution in [0.4, 0.5) is 0 Å². The van der Waals surface area contributed by atoms with E-state index in [1.165, 1.54) is 0 Å². The zero-order chi connectivity index (χ0) is 17.6. The van der Waals surface area contributed by atoms with Crippen LogP contribution in [0.5, 0.6) is 0 Å². The van der Waals surface area contributed by atoms with Crippen LogP contribution in [0.25, 0.3) is 0 Å². The molecule has 2 amide bonds. The van der Waals surface area contributed by atoms with Crippen LogP contribution in [-0.2, 0) is 20.7 Å². The second-order valence-corrected chi connectivity index (χ2v) is 6.59. The van der Waals surface area contributed by atoms with E-state index >= 15 is 0 Å². The van der Waals surface area contributed by atoms with Crippen LogP contribution in [0.3, 0.4) is 0 Å². The maximum atomic E-state index is 12.8. The summed E-state index contributed by atoms with van der Waals surface area (Å²) in [6, 6.07) is 11.3. The number of piperidine rings is 1. The Morgan fingerprint density at radius 2 is 2.04 bits per heavy atom. The highest BCUT2D eigenvalue weighted by molar-refractivity contribution is 5.83. The Kier molecular flexibility index (Phi) is 5.67. The van der Waals surface area contributed by atoms with Crippen LogP contribution in [0, 0.1) is 17.2 Å². The van der Waals surface area contributed by atoms with Crippen molar-refractivity contribution in [1.82, 2.24) is 9.80 Å². The summed E-state index contributed by atoms with van der Waals surface area (Å²) >= 11 is 0. The van der Waals surface area contributed by atoms with Crippen molar-refractivity contribution in [1.29, 1.82) is 5.26 Å². The van der Waals surface area contributed by atoms with Gasteiger partial charge in [0, 0.05) is 19.6 Å². The molecule has 25 heavy (non-hydrogen) atoms. The van der Waals surface area contributed by atoms with Gasteiger partial charge in [-0.25, -0.2) is 0 Å². The summed E-state index contributed by atoms with van der Waals surface area (Å²) in [5.74, 6) is -0.183. The lowest BCUT2D eigenvalue weighted by atomic mass is 9.95. The summed E-state index contributed by atoms with van der Waals surface area (Å²) in [5.41, 5.74) is 0.985. The first-order valence-corrected chi connectivity index (χ1v) is 8.78. The third-order valence-electron chi connectivity index (χ3n) is 4.88. The number of morpholine rings is 1. The molecule has 0 saturated carbocycles. The zero-order valence-electron chi connectivity index (χ0n) is 14.3. The molecule has 2 fully saturated rings. The number of hydrogen-bond acceptors (Lipinski definition) is 4. The van der Waals surface area contributed by atoms with Crippen LogP contribution in [0.2, 0.25) is 0 Å². The van der Waals surface area contributed by atoms with Crippen molar-refractivity contribution in [3.05, 3.63) is 35.9 Å². The lowest BCUT2D eigenvalue weighted by molar-refractivity contribution is -0.145. The topological polar surface area (TPSA) is 73.6 Å². The SMILES string of the molecule is N#C[C@@H]1COCCN1C(=O)[C@@H]1CCCN(C(=O)Cc2ccccc2)C1. The standard InChI is InChI=1S/C19H23N3O3/c20-12-17-14-25-10-9-22(17)19(24)16-7-4-8-21(13-16)18(23)11-15-5-2-1-3-6-15/h1-3,5-6,16-17H,4,7-11,13-14H2/t16-,17-/m1/s1. The van der Waals surface area contributed by atoms with E-state index in [9.17, 15) is 14.9 Å². The van der Waals surface area contributed by atoms with Gasteiger partial charge in [0.2, 0.25) is 11.8 Å². The minimum absolute atomic E-state index is 0.0212. The quantitative estimate of drug-likeness (QED) is 0.828. The van der Waals surface area contributed by atoms with Gasteiger partial charge in [-0.3, -0.25) is 9.59 Å². The number of rotatable bonds is 3. The molecule has 2 saturated heterocycles. The summed E-state index contributed by atoms with van der Waals surface area (Å²) in [5, 5.41) is 9.22. The number of hydrogen-bond donors (Lipinski definition) is 0. The first-order chi connectivity index (χ1) is 12.2. The molecule has 1 aromatic rings. The zero-order valence-corrected chi connectivity index (χ0v) is 14.3.